The van der Waals surface area contributed by atoms with E-state index < -0.39 is 24.5 Å². The number of alkyl halides is 2. The molecule has 84 valence electrons. The van der Waals surface area contributed by atoms with E-state index in [1.54, 1.807) is 13.8 Å². The molecule has 0 aliphatic carbocycles. The van der Waals surface area contributed by atoms with Crippen LogP contribution in [0.15, 0.2) is 0 Å². The van der Waals surface area contributed by atoms with Gasteiger partial charge in [-0.1, -0.05) is 15.9 Å². The number of hydrogen-bond acceptors (Lipinski definition) is 4. The van der Waals surface area contributed by atoms with E-state index in [9.17, 15) is 9.18 Å². The Labute approximate surface area is 91.1 Å². The predicted molar refractivity (Wildman–Crippen MR) is 53.6 cm³/mol. The van der Waals surface area contributed by atoms with E-state index in [2.05, 4.69) is 20.7 Å². The molecule has 0 amide bonds. The average Bonchev–Trinajstić information content (AvgIpc) is 2.00. The first-order valence-corrected chi connectivity index (χ1v) is 5.12. The highest BCUT2D eigenvalue weighted by molar-refractivity contribution is 9.09. The molecular weight excluding hydrogens is 257 g/mol. The van der Waals surface area contributed by atoms with Gasteiger partial charge in [0, 0.05) is 6.92 Å². The number of carbonyl (C=O) groups is 1. The van der Waals surface area contributed by atoms with Crippen LogP contribution in [0.4, 0.5) is 4.39 Å². The highest BCUT2D eigenvalue weighted by Crippen LogP contribution is 2.11. The molecule has 0 rings (SSSR count). The van der Waals surface area contributed by atoms with Gasteiger partial charge in [0.25, 0.3) is 6.36 Å². The molecule has 0 radical (unpaired) electrons. The lowest BCUT2D eigenvalue weighted by Crippen LogP contribution is -2.45. The maximum atomic E-state index is 13.1. The van der Waals surface area contributed by atoms with Gasteiger partial charge in [-0.2, -0.15) is 4.39 Å². The summed E-state index contributed by atoms with van der Waals surface area (Å²) in [6.45, 7) is 4.47. The fourth-order valence-electron chi connectivity index (χ4n) is 0.837. The molecule has 0 aliphatic heterocycles. The first-order chi connectivity index (χ1) is 6.34. The normalized spacial score (nSPS) is 19.6. The number of nitrogens with two attached hydrogens (primary N) is 1. The van der Waals surface area contributed by atoms with Gasteiger partial charge < -0.3 is 15.2 Å². The molecule has 6 heteroatoms. The average molecular weight is 272 g/mol. The van der Waals surface area contributed by atoms with Crippen molar-refractivity contribution in [1.82, 2.24) is 0 Å². The van der Waals surface area contributed by atoms with Crippen LogP contribution >= 0.6 is 15.9 Å². The Balaban J connectivity index is 4.02. The highest BCUT2D eigenvalue weighted by atomic mass is 79.9. The Bertz CT molecular complexity index is 191. The van der Waals surface area contributed by atoms with Gasteiger partial charge in [-0.3, -0.25) is 4.79 Å². The van der Waals surface area contributed by atoms with Crippen molar-refractivity contribution >= 4 is 21.9 Å². The molecule has 0 heterocycles. The van der Waals surface area contributed by atoms with Crippen LogP contribution in [0.2, 0.25) is 0 Å². The van der Waals surface area contributed by atoms with Crippen LogP contribution in [0.3, 0.4) is 0 Å². The summed E-state index contributed by atoms with van der Waals surface area (Å²) in [6, 6.07) is -0.987. The Morgan fingerprint density at radius 1 is 1.50 bits per heavy atom. The van der Waals surface area contributed by atoms with Crippen molar-refractivity contribution < 1.29 is 18.7 Å². The number of carbonyl (C=O) groups excluding carboxylic acids is 1. The largest absolute Gasteiger partial charge is 0.429 e. The SMILES string of the molecule is CC(=O)O[C@H](F)C(N)C(C)OC(C)Br. The van der Waals surface area contributed by atoms with Crippen LogP contribution in [0.5, 0.6) is 0 Å². The minimum atomic E-state index is -1.84. The molecule has 2 N–H and O–H groups in total. The zero-order valence-electron chi connectivity index (χ0n) is 8.37. The van der Waals surface area contributed by atoms with Crippen molar-refractivity contribution in [3.8, 4) is 0 Å². The Morgan fingerprint density at radius 3 is 2.36 bits per heavy atom. The van der Waals surface area contributed by atoms with Gasteiger partial charge >= 0.3 is 5.97 Å². The molecule has 0 aromatic rings. The number of esters is 1. The second-order valence-corrected chi connectivity index (χ2v) is 4.21. The number of ether oxygens (including phenoxy) is 2. The van der Waals surface area contributed by atoms with Crippen LogP contribution in [-0.2, 0) is 14.3 Å². The van der Waals surface area contributed by atoms with Crippen molar-refractivity contribution in [3.05, 3.63) is 0 Å². The lowest BCUT2D eigenvalue weighted by Gasteiger charge is -2.24. The topological polar surface area (TPSA) is 61.5 Å². The summed E-state index contributed by atoms with van der Waals surface area (Å²) in [5.41, 5.74) is 5.46. The molecule has 0 fully saturated rings. The number of halogens is 2. The van der Waals surface area contributed by atoms with E-state index in [-0.39, 0.29) is 5.01 Å². The summed E-state index contributed by atoms with van der Waals surface area (Å²) >= 11 is 3.14. The van der Waals surface area contributed by atoms with Crippen molar-refractivity contribution in [2.45, 2.75) is 44.3 Å². The van der Waals surface area contributed by atoms with Gasteiger partial charge in [0.15, 0.2) is 0 Å². The number of hydrogen-bond donors (Lipinski definition) is 1. The second-order valence-electron chi connectivity index (χ2n) is 2.92. The van der Waals surface area contributed by atoms with E-state index in [0.29, 0.717) is 0 Å². The Hall–Kier alpha value is -0.200. The van der Waals surface area contributed by atoms with Gasteiger partial charge in [0.05, 0.1) is 12.1 Å². The molecule has 0 aliphatic rings. The van der Waals surface area contributed by atoms with Gasteiger partial charge in [0.2, 0.25) is 0 Å². The molecule has 4 nitrogen and oxygen atoms in total. The highest BCUT2D eigenvalue weighted by Gasteiger charge is 2.26. The predicted octanol–water partition coefficient (Wildman–Crippen LogP) is 1.32. The van der Waals surface area contributed by atoms with E-state index in [0.717, 1.165) is 6.92 Å². The van der Waals surface area contributed by atoms with Crippen molar-refractivity contribution in [2.75, 3.05) is 0 Å². The van der Waals surface area contributed by atoms with Gasteiger partial charge in [-0.15, -0.1) is 0 Å². The number of rotatable bonds is 5. The maximum absolute atomic E-state index is 13.1. The smallest absolute Gasteiger partial charge is 0.305 e. The van der Waals surface area contributed by atoms with Crippen molar-refractivity contribution in [2.24, 2.45) is 5.73 Å². The van der Waals surface area contributed by atoms with Gasteiger partial charge in [-0.25, -0.2) is 0 Å². The molecule has 0 bridgehead atoms. The molecule has 4 atom stereocenters. The first-order valence-electron chi connectivity index (χ1n) is 4.21. The molecule has 0 aromatic heterocycles. The van der Waals surface area contributed by atoms with Crippen LogP contribution in [0.1, 0.15) is 20.8 Å². The second kappa shape index (κ2) is 6.31. The third-order valence-electron chi connectivity index (χ3n) is 1.53. The lowest BCUT2D eigenvalue weighted by molar-refractivity contribution is -0.160. The molecule has 0 aromatic carbocycles. The van der Waals surface area contributed by atoms with Crippen molar-refractivity contribution in [3.63, 3.8) is 0 Å². The summed E-state index contributed by atoms with van der Waals surface area (Å²) in [4.78, 5) is 10.4. The standard InChI is InChI=1S/C8H15BrFNO3/c1-4(13-5(2)9)7(11)8(10)14-6(3)12/h4-5,7-8H,11H2,1-3H3/t4?,5?,7?,8-/m0/s1. The minimum absolute atomic E-state index is 0.229. The molecular formula is C8H15BrFNO3. The van der Waals surface area contributed by atoms with Gasteiger partial charge in [0.1, 0.15) is 5.01 Å². The van der Waals surface area contributed by atoms with Crippen LogP contribution in [-0.4, -0.2) is 29.5 Å². The van der Waals surface area contributed by atoms with E-state index in [1.807, 2.05) is 0 Å². The van der Waals surface area contributed by atoms with Crippen molar-refractivity contribution in [1.29, 1.82) is 0 Å². The van der Waals surface area contributed by atoms with Crippen LogP contribution in [0, 0.1) is 0 Å². The summed E-state index contributed by atoms with van der Waals surface area (Å²) in [6.07, 6.45) is -2.38. The van der Waals surface area contributed by atoms with Crippen LogP contribution in [0.25, 0.3) is 0 Å². The quantitative estimate of drug-likeness (QED) is 0.605. The third-order valence-corrected chi connectivity index (χ3v) is 1.74. The van der Waals surface area contributed by atoms with Gasteiger partial charge in [-0.05, 0) is 13.8 Å². The first kappa shape index (κ1) is 13.8. The Morgan fingerprint density at radius 2 is 2.00 bits per heavy atom. The maximum Gasteiger partial charge on any atom is 0.305 e. The molecule has 0 saturated carbocycles. The molecule has 0 spiro atoms. The van der Waals surface area contributed by atoms with Crippen LogP contribution < -0.4 is 5.73 Å². The van der Waals surface area contributed by atoms with E-state index in [4.69, 9.17) is 10.5 Å². The van der Waals surface area contributed by atoms with E-state index in [1.165, 1.54) is 0 Å². The fourth-order valence-corrected chi connectivity index (χ4v) is 1.18. The summed E-state index contributed by atoms with van der Waals surface area (Å²) in [5.74, 6) is -0.702. The zero-order chi connectivity index (χ0) is 11.3. The fraction of sp³-hybridized carbons (Fsp3) is 0.875. The lowest BCUT2D eigenvalue weighted by atomic mass is 10.2. The molecule has 0 saturated heterocycles. The molecule has 14 heavy (non-hydrogen) atoms. The zero-order valence-corrected chi connectivity index (χ0v) is 9.95. The molecule has 3 unspecified atom stereocenters. The minimum Gasteiger partial charge on any atom is -0.429 e. The Kier molecular flexibility index (Phi) is 6.22. The summed E-state index contributed by atoms with van der Waals surface area (Å²) in [5, 5.41) is -0.229. The summed E-state index contributed by atoms with van der Waals surface area (Å²) < 4.78 is 22.5. The summed E-state index contributed by atoms with van der Waals surface area (Å²) in [7, 11) is 0. The monoisotopic (exact) mass is 271 g/mol. The van der Waals surface area contributed by atoms with E-state index >= 15 is 0 Å². The third kappa shape index (κ3) is 5.51.